The summed E-state index contributed by atoms with van der Waals surface area (Å²) in [6.45, 7) is 5.02. The van der Waals surface area contributed by atoms with Gasteiger partial charge in [-0.3, -0.25) is 14.7 Å². The number of nitrogens with one attached hydrogen (secondary N) is 2. The van der Waals surface area contributed by atoms with Gasteiger partial charge in [0.25, 0.3) is 5.56 Å². The minimum Gasteiger partial charge on any atom is -0.324 e. The van der Waals surface area contributed by atoms with Gasteiger partial charge < -0.3 is 5.32 Å². The summed E-state index contributed by atoms with van der Waals surface area (Å²) < 4.78 is 0. The van der Waals surface area contributed by atoms with Crippen LogP contribution >= 0.6 is 0 Å². The highest BCUT2D eigenvalue weighted by atomic mass is 16.1. The predicted octanol–water partition coefficient (Wildman–Crippen LogP) is 2.20. The molecule has 1 fully saturated rings. The van der Waals surface area contributed by atoms with E-state index >= 15 is 0 Å². The lowest BCUT2D eigenvalue weighted by Crippen LogP contribution is -2.29. The van der Waals surface area contributed by atoms with Gasteiger partial charge in [0.2, 0.25) is 5.95 Å². The van der Waals surface area contributed by atoms with Crippen LogP contribution in [0.25, 0.3) is 0 Å². The molecular weight excluding hydrogens is 278 g/mol. The van der Waals surface area contributed by atoms with E-state index in [9.17, 15) is 4.79 Å². The van der Waals surface area contributed by atoms with Gasteiger partial charge >= 0.3 is 0 Å². The van der Waals surface area contributed by atoms with Crippen molar-refractivity contribution in [2.45, 2.75) is 32.7 Å². The molecule has 0 aliphatic carbocycles. The summed E-state index contributed by atoms with van der Waals surface area (Å²) in [6, 6.07) is 8.21. The molecule has 1 aromatic heterocycles. The Morgan fingerprint density at radius 2 is 1.86 bits per heavy atom. The van der Waals surface area contributed by atoms with Gasteiger partial charge in [0.05, 0.1) is 0 Å². The van der Waals surface area contributed by atoms with E-state index in [4.69, 9.17) is 0 Å². The summed E-state index contributed by atoms with van der Waals surface area (Å²) in [5.41, 5.74) is 2.33. The molecule has 2 aromatic rings. The van der Waals surface area contributed by atoms with Crippen molar-refractivity contribution in [2.24, 2.45) is 0 Å². The van der Waals surface area contributed by atoms with E-state index in [2.05, 4.69) is 37.5 Å². The van der Waals surface area contributed by atoms with Gasteiger partial charge in [0, 0.05) is 12.2 Å². The minimum absolute atomic E-state index is 0.223. The van der Waals surface area contributed by atoms with Gasteiger partial charge in [-0.2, -0.15) is 0 Å². The summed E-state index contributed by atoms with van der Waals surface area (Å²) in [5, 5.41) is 10.8. The normalized spacial score (nSPS) is 15.7. The highest BCUT2D eigenvalue weighted by molar-refractivity contribution is 5.53. The number of aryl methyl sites for hydroxylation is 1. The number of likely N-dealkylation sites (tertiary alicyclic amines) is 1. The highest BCUT2D eigenvalue weighted by Gasteiger charge is 2.10. The van der Waals surface area contributed by atoms with Crippen LogP contribution in [0.1, 0.15) is 30.5 Å². The third-order valence-electron chi connectivity index (χ3n) is 3.93. The number of hydrogen-bond donors (Lipinski definition) is 2. The molecule has 1 aliphatic rings. The molecular formula is C16H21N5O. The van der Waals surface area contributed by atoms with Crippen molar-refractivity contribution >= 4 is 11.6 Å². The van der Waals surface area contributed by atoms with Crippen molar-refractivity contribution in [2.75, 3.05) is 18.4 Å². The molecule has 116 valence electrons. The maximum Gasteiger partial charge on any atom is 0.273 e. The molecule has 0 amide bonds. The third-order valence-corrected chi connectivity index (χ3v) is 3.93. The second-order valence-corrected chi connectivity index (χ2v) is 5.75. The van der Waals surface area contributed by atoms with E-state index in [0.717, 1.165) is 12.2 Å². The van der Waals surface area contributed by atoms with Crippen LogP contribution in [0.2, 0.25) is 0 Å². The van der Waals surface area contributed by atoms with Crippen LogP contribution in [0.3, 0.4) is 0 Å². The Balaban J connectivity index is 1.63. The number of aromatic amines is 1. The first-order valence-electron chi connectivity index (χ1n) is 7.72. The molecule has 0 radical (unpaired) electrons. The number of hydrogen-bond acceptors (Lipinski definition) is 5. The van der Waals surface area contributed by atoms with E-state index in [1.807, 2.05) is 12.1 Å². The highest BCUT2D eigenvalue weighted by Crippen LogP contribution is 2.16. The lowest BCUT2D eigenvalue weighted by Gasteiger charge is -2.26. The van der Waals surface area contributed by atoms with Crippen LogP contribution in [0.4, 0.5) is 11.6 Å². The Hall–Kier alpha value is -2.21. The second-order valence-electron chi connectivity index (χ2n) is 5.75. The molecule has 1 saturated heterocycles. The van der Waals surface area contributed by atoms with Crippen molar-refractivity contribution < 1.29 is 0 Å². The summed E-state index contributed by atoms with van der Waals surface area (Å²) >= 11 is 0. The number of aromatic nitrogens is 3. The number of rotatable bonds is 4. The predicted molar refractivity (Wildman–Crippen MR) is 86.2 cm³/mol. The van der Waals surface area contributed by atoms with Gasteiger partial charge in [-0.15, -0.1) is 10.2 Å². The van der Waals surface area contributed by atoms with Crippen molar-refractivity contribution in [3.05, 3.63) is 45.9 Å². The van der Waals surface area contributed by atoms with Crippen LogP contribution in [0.5, 0.6) is 0 Å². The summed E-state index contributed by atoms with van der Waals surface area (Å²) in [6.07, 6.45) is 3.97. The fourth-order valence-corrected chi connectivity index (χ4v) is 2.66. The van der Waals surface area contributed by atoms with E-state index in [-0.39, 0.29) is 5.56 Å². The molecule has 2 N–H and O–H groups in total. The van der Waals surface area contributed by atoms with Crippen LogP contribution in [-0.2, 0) is 6.54 Å². The third kappa shape index (κ3) is 3.71. The average molecular weight is 299 g/mol. The van der Waals surface area contributed by atoms with E-state index in [1.165, 1.54) is 37.9 Å². The SMILES string of the molecule is Cc1nnc(Nc2ccc(CN3CCCCC3)cc2)[nH]c1=O. The van der Waals surface area contributed by atoms with E-state index < -0.39 is 0 Å². The van der Waals surface area contributed by atoms with Gasteiger partial charge in [0.15, 0.2) is 0 Å². The van der Waals surface area contributed by atoms with E-state index in [1.54, 1.807) is 6.92 Å². The zero-order chi connectivity index (χ0) is 15.4. The molecule has 0 bridgehead atoms. The summed E-state index contributed by atoms with van der Waals surface area (Å²) in [4.78, 5) is 16.7. The fourth-order valence-electron chi connectivity index (χ4n) is 2.66. The fraction of sp³-hybridized carbons (Fsp3) is 0.438. The van der Waals surface area contributed by atoms with Crippen LogP contribution in [0.15, 0.2) is 29.1 Å². The molecule has 0 spiro atoms. The van der Waals surface area contributed by atoms with Crippen LogP contribution in [-0.4, -0.2) is 33.2 Å². The molecule has 0 atom stereocenters. The number of anilines is 2. The molecule has 0 saturated carbocycles. The van der Waals surface area contributed by atoms with Gasteiger partial charge in [-0.1, -0.05) is 18.6 Å². The monoisotopic (exact) mass is 299 g/mol. The number of piperidine rings is 1. The van der Waals surface area contributed by atoms with Crippen molar-refractivity contribution in [3.8, 4) is 0 Å². The van der Waals surface area contributed by atoms with Crippen LogP contribution in [0, 0.1) is 6.92 Å². The first-order chi connectivity index (χ1) is 10.7. The quantitative estimate of drug-likeness (QED) is 0.905. The Labute approximate surface area is 129 Å². The number of H-pyrrole nitrogens is 1. The lowest BCUT2D eigenvalue weighted by molar-refractivity contribution is 0.221. The van der Waals surface area contributed by atoms with Crippen molar-refractivity contribution in [1.29, 1.82) is 0 Å². The smallest absolute Gasteiger partial charge is 0.273 e. The molecule has 1 aliphatic heterocycles. The molecule has 22 heavy (non-hydrogen) atoms. The minimum atomic E-state index is -0.223. The van der Waals surface area contributed by atoms with Crippen LogP contribution < -0.4 is 10.9 Å². The maximum atomic E-state index is 11.5. The van der Waals surface area contributed by atoms with Gasteiger partial charge in [-0.25, -0.2) is 0 Å². The largest absolute Gasteiger partial charge is 0.324 e. The van der Waals surface area contributed by atoms with Crippen molar-refractivity contribution in [3.63, 3.8) is 0 Å². The van der Waals surface area contributed by atoms with Crippen molar-refractivity contribution in [1.82, 2.24) is 20.1 Å². The number of nitrogens with zero attached hydrogens (tertiary/aromatic N) is 3. The van der Waals surface area contributed by atoms with Gasteiger partial charge in [0.1, 0.15) is 5.69 Å². The zero-order valence-corrected chi connectivity index (χ0v) is 12.8. The topological polar surface area (TPSA) is 73.9 Å². The van der Waals surface area contributed by atoms with E-state index in [0.29, 0.717) is 11.6 Å². The second kappa shape index (κ2) is 6.70. The molecule has 1 aromatic carbocycles. The Bertz CT molecular complexity index is 674. The first kappa shape index (κ1) is 14.7. The Morgan fingerprint density at radius 3 is 2.55 bits per heavy atom. The summed E-state index contributed by atoms with van der Waals surface area (Å²) in [7, 11) is 0. The standard InChI is InChI=1S/C16H21N5O/c1-12-15(22)18-16(20-19-12)17-14-7-5-13(6-8-14)11-21-9-3-2-4-10-21/h5-8H,2-4,9-11H2,1H3,(H2,17,18,20,22). The maximum absolute atomic E-state index is 11.5. The average Bonchev–Trinajstić information content (AvgIpc) is 2.54. The first-order valence-corrected chi connectivity index (χ1v) is 7.72. The lowest BCUT2D eigenvalue weighted by atomic mass is 10.1. The molecule has 6 nitrogen and oxygen atoms in total. The molecule has 6 heteroatoms. The Kier molecular flexibility index (Phi) is 4.48. The van der Waals surface area contributed by atoms with Gasteiger partial charge in [-0.05, 0) is 50.6 Å². The molecule has 0 unspecified atom stereocenters. The Morgan fingerprint density at radius 1 is 1.14 bits per heavy atom. The summed E-state index contributed by atoms with van der Waals surface area (Å²) in [5.74, 6) is 0.361. The number of benzene rings is 1. The zero-order valence-electron chi connectivity index (χ0n) is 12.8. The molecule has 3 rings (SSSR count). The molecule has 2 heterocycles.